The first kappa shape index (κ1) is 25.3. The van der Waals surface area contributed by atoms with Crippen LogP contribution < -0.4 is 16.0 Å². The molecule has 1 atom stereocenters. The first-order valence-electron chi connectivity index (χ1n) is 11.4. The number of benzene rings is 2. The van der Waals surface area contributed by atoms with Crippen LogP contribution in [0, 0.1) is 17.1 Å². The van der Waals surface area contributed by atoms with Gasteiger partial charge in [0.2, 0.25) is 5.91 Å². The minimum absolute atomic E-state index is 0.0126. The summed E-state index contributed by atoms with van der Waals surface area (Å²) in [5.74, 6) is -1.55. The number of para-hydroxylation sites is 1. The zero-order chi connectivity index (χ0) is 26.6. The van der Waals surface area contributed by atoms with Gasteiger partial charge in [-0.05, 0) is 55.5 Å². The van der Waals surface area contributed by atoms with Crippen molar-refractivity contribution in [2.45, 2.75) is 12.8 Å². The number of rotatable bonds is 7. The molecule has 5 rings (SSSR count). The Morgan fingerprint density at radius 2 is 1.95 bits per heavy atom. The molecule has 3 N–H and O–H groups in total. The van der Waals surface area contributed by atoms with Gasteiger partial charge in [0.05, 0.1) is 50.4 Å². The fourth-order valence-electron chi connectivity index (χ4n) is 4.02. The number of dihydropyridines is 1. The molecule has 3 heterocycles. The average Bonchev–Trinajstić information content (AvgIpc) is 3.58. The second kappa shape index (κ2) is 10.9. The summed E-state index contributed by atoms with van der Waals surface area (Å²) in [6, 6.07) is 18.5. The van der Waals surface area contributed by atoms with Gasteiger partial charge in [0.25, 0.3) is 5.91 Å². The smallest absolute Gasteiger partial charge is 0.254 e. The number of allylic oxidation sites excluding steroid dienone is 2. The zero-order valence-electron chi connectivity index (χ0n) is 19.9. The van der Waals surface area contributed by atoms with Gasteiger partial charge in [0.15, 0.2) is 5.13 Å². The summed E-state index contributed by atoms with van der Waals surface area (Å²) in [6.45, 7) is 1.71. The molecule has 0 bridgehead atoms. The van der Waals surface area contributed by atoms with Crippen LogP contribution in [0.3, 0.4) is 0 Å². The number of nitrogens with one attached hydrogen (secondary N) is 3. The molecule has 0 saturated heterocycles. The molecule has 4 aromatic rings. The lowest BCUT2D eigenvalue weighted by Crippen LogP contribution is -2.31. The number of hydrogen-bond donors (Lipinski definition) is 3. The van der Waals surface area contributed by atoms with Crippen LogP contribution in [0.4, 0.5) is 15.2 Å². The lowest BCUT2D eigenvalue weighted by atomic mass is 9.85. The monoisotopic (exact) mass is 545 g/mol. The summed E-state index contributed by atoms with van der Waals surface area (Å²) < 4.78 is 19.9. The molecule has 2 aromatic heterocycles. The summed E-state index contributed by atoms with van der Waals surface area (Å²) in [5.41, 5.74) is 2.23. The maximum atomic E-state index is 13.3. The van der Waals surface area contributed by atoms with Gasteiger partial charge in [-0.15, -0.1) is 0 Å². The van der Waals surface area contributed by atoms with Crippen LogP contribution in [-0.2, 0) is 9.59 Å². The van der Waals surface area contributed by atoms with E-state index in [0.29, 0.717) is 27.3 Å². The Bertz CT molecular complexity index is 1590. The van der Waals surface area contributed by atoms with Gasteiger partial charge in [-0.25, -0.2) is 9.37 Å². The Hall–Kier alpha value is -4.40. The van der Waals surface area contributed by atoms with Crippen LogP contribution in [0.15, 0.2) is 93.2 Å². The zero-order valence-corrected chi connectivity index (χ0v) is 21.6. The highest BCUT2D eigenvalue weighted by Gasteiger charge is 2.36. The highest BCUT2D eigenvalue weighted by atomic mass is 32.2. The molecular formula is C27H20FN5O3S2. The summed E-state index contributed by atoms with van der Waals surface area (Å²) in [4.78, 5) is 30.4. The molecule has 2 amide bonds. The lowest BCUT2D eigenvalue weighted by Gasteiger charge is -2.28. The van der Waals surface area contributed by atoms with Crippen LogP contribution >= 0.6 is 23.1 Å². The number of carbonyl (C=O) groups is 2. The number of carbonyl (C=O) groups excluding carboxylic acids is 2. The van der Waals surface area contributed by atoms with Gasteiger partial charge in [-0.3, -0.25) is 9.59 Å². The maximum absolute atomic E-state index is 13.3. The van der Waals surface area contributed by atoms with Gasteiger partial charge < -0.3 is 20.4 Å². The first-order valence-corrected chi connectivity index (χ1v) is 13.2. The van der Waals surface area contributed by atoms with Crippen molar-refractivity contribution in [1.82, 2.24) is 10.3 Å². The van der Waals surface area contributed by atoms with Crippen molar-refractivity contribution in [2.75, 3.05) is 16.4 Å². The molecule has 2 aromatic carbocycles. The quantitative estimate of drug-likeness (QED) is 0.271. The third-order valence-electron chi connectivity index (χ3n) is 5.71. The van der Waals surface area contributed by atoms with Crippen molar-refractivity contribution in [3.63, 3.8) is 0 Å². The van der Waals surface area contributed by atoms with E-state index in [4.69, 9.17) is 4.42 Å². The van der Waals surface area contributed by atoms with E-state index in [9.17, 15) is 19.2 Å². The van der Waals surface area contributed by atoms with Crippen molar-refractivity contribution in [3.8, 4) is 6.07 Å². The van der Waals surface area contributed by atoms with Crippen molar-refractivity contribution in [1.29, 1.82) is 5.26 Å². The molecule has 11 heteroatoms. The Morgan fingerprint density at radius 1 is 1.16 bits per heavy atom. The minimum atomic E-state index is -0.800. The predicted octanol–water partition coefficient (Wildman–Crippen LogP) is 5.73. The molecule has 1 aliphatic rings. The van der Waals surface area contributed by atoms with E-state index in [2.05, 4.69) is 27.0 Å². The fourth-order valence-corrected chi connectivity index (χ4v) is 5.79. The number of amides is 2. The van der Waals surface area contributed by atoms with Crippen molar-refractivity contribution < 1.29 is 18.4 Å². The van der Waals surface area contributed by atoms with E-state index in [-0.39, 0.29) is 22.8 Å². The third-order valence-corrected chi connectivity index (χ3v) is 7.68. The Kier molecular flexibility index (Phi) is 7.26. The van der Waals surface area contributed by atoms with Crippen molar-refractivity contribution in [3.05, 3.63) is 100 Å². The number of furan rings is 1. The predicted molar refractivity (Wildman–Crippen MR) is 146 cm³/mol. The molecule has 38 heavy (non-hydrogen) atoms. The minimum Gasteiger partial charge on any atom is -0.468 e. The molecule has 0 aliphatic carbocycles. The summed E-state index contributed by atoms with van der Waals surface area (Å²) in [5, 5.41) is 19.7. The summed E-state index contributed by atoms with van der Waals surface area (Å²) in [6.07, 6.45) is 1.47. The van der Waals surface area contributed by atoms with Gasteiger partial charge in [-0.1, -0.05) is 35.2 Å². The van der Waals surface area contributed by atoms with Crippen LogP contribution in [-0.4, -0.2) is 22.6 Å². The van der Waals surface area contributed by atoms with Crippen molar-refractivity contribution in [2.24, 2.45) is 0 Å². The molecular weight excluding hydrogens is 525 g/mol. The highest BCUT2D eigenvalue weighted by Crippen LogP contribution is 2.41. The summed E-state index contributed by atoms with van der Waals surface area (Å²) >= 11 is 2.53. The molecule has 0 saturated carbocycles. The normalized spacial score (nSPS) is 15.2. The molecule has 1 aliphatic heterocycles. The number of nitriles is 1. The number of anilines is 2. The molecule has 0 fully saturated rings. The Morgan fingerprint density at radius 3 is 2.66 bits per heavy atom. The van der Waals surface area contributed by atoms with E-state index >= 15 is 0 Å². The Balaban J connectivity index is 1.36. The third kappa shape index (κ3) is 5.32. The standard InChI is InChI=1S/C27H20FN5O3S2/c1-15-23(25(35)31-17-10-8-16(28)9-11-17)24(20-6-4-12-36-20)18(13-29)26(30-15)37-14-22(34)33-27-32-19-5-2-3-7-21(19)38-27/h2-12,24,30H,14H2,1H3,(H,31,35)(H,32,33,34)/t24-/m0/s1. The van der Waals surface area contributed by atoms with E-state index < -0.39 is 17.6 Å². The SMILES string of the molecule is CC1=C(C(=O)Nc2ccc(F)cc2)[C@H](c2ccco2)C(C#N)=C(SCC(=O)Nc2nc3ccccc3s2)N1. The number of thiazole rings is 1. The van der Waals surface area contributed by atoms with Crippen LogP contribution in [0.5, 0.6) is 0 Å². The van der Waals surface area contributed by atoms with Gasteiger partial charge in [-0.2, -0.15) is 5.26 Å². The molecule has 0 unspecified atom stereocenters. The van der Waals surface area contributed by atoms with Crippen LogP contribution in [0.1, 0.15) is 18.6 Å². The number of fused-ring (bicyclic) bond motifs is 1. The summed E-state index contributed by atoms with van der Waals surface area (Å²) in [7, 11) is 0. The first-order chi connectivity index (χ1) is 18.4. The molecule has 0 radical (unpaired) electrons. The Labute approximate surface area is 225 Å². The maximum Gasteiger partial charge on any atom is 0.254 e. The fraction of sp³-hybridized carbons (Fsp3) is 0.111. The van der Waals surface area contributed by atoms with E-state index in [1.165, 1.54) is 41.9 Å². The second-order valence-electron chi connectivity index (χ2n) is 8.25. The van der Waals surface area contributed by atoms with E-state index in [0.717, 1.165) is 22.0 Å². The number of aromatic nitrogens is 1. The molecule has 0 spiro atoms. The highest BCUT2D eigenvalue weighted by molar-refractivity contribution is 8.03. The molecule has 8 nitrogen and oxygen atoms in total. The van der Waals surface area contributed by atoms with E-state index in [1.807, 2.05) is 24.3 Å². The topological polar surface area (TPSA) is 120 Å². The van der Waals surface area contributed by atoms with Crippen LogP contribution in [0.2, 0.25) is 0 Å². The van der Waals surface area contributed by atoms with Gasteiger partial charge in [0, 0.05) is 11.4 Å². The second-order valence-corrected chi connectivity index (χ2v) is 10.3. The lowest BCUT2D eigenvalue weighted by molar-refractivity contribution is -0.114. The van der Waals surface area contributed by atoms with E-state index in [1.54, 1.807) is 19.1 Å². The molecule has 190 valence electrons. The van der Waals surface area contributed by atoms with Gasteiger partial charge in [0.1, 0.15) is 11.6 Å². The number of halogens is 1. The van der Waals surface area contributed by atoms with Gasteiger partial charge >= 0.3 is 0 Å². The number of nitrogens with zero attached hydrogens (tertiary/aromatic N) is 2. The largest absolute Gasteiger partial charge is 0.468 e. The average molecular weight is 546 g/mol. The van der Waals surface area contributed by atoms with Crippen molar-refractivity contribution >= 4 is 55.9 Å². The number of hydrogen-bond acceptors (Lipinski definition) is 8. The van der Waals surface area contributed by atoms with Crippen LogP contribution in [0.25, 0.3) is 10.2 Å². The number of thioether (sulfide) groups is 1.